The minimum Gasteiger partial charge on any atom is -0.507 e. The van der Waals surface area contributed by atoms with E-state index in [1.54, 1.807) is 24.3 Å². The molecular weight excluding hydrogens is 491 g/mol. The second-order valence-corrected chi connectivity index (χ2v) is 10.6. The highest BCUT2D eigenvalue weighted by atomic mass is 32.1. The summed E-state index contributed by atoms with van der Waals surface area (Å²) in [5, 5.41) is 11.7. The molecule has 0 aliphatic carbocycles. The van der Waals surface area contributed by atoms with Crippen molar-refractivity contribution in [2.45, 2.75) is 39.3 Å². The van der Waals surface area contributed by atoms with Gasteiger partial charge in [-0.1, -0.05) is 35.6 Å². The zero-order valence-corrected chi connectivity index (χ0v) is 21.2. The number of aliphatic hydroxyl groups excluding tert-OH is 1. The number of fused-ring (bicyclic) bond motifs is 2. The zero-order valence-electron chi connectivity index (χ0n) is 20.4. The highest BCUT2D eigenvalue weighted by Crippen LogP contribution is 2.45. The summed E-state index contributed by atoms with van der Waals surface area (Å²) in [6.45, 7) is 5.85. The second kappa shape index (κ2) is 8.52. The number of thiazole rings is 1. The van der Waals surface area contributed by atoms with Crippen molar-refractivity contribution >= 4 is 44.1 Å². The van der Waals surface area contributed by atoms with Crippen molar-refractivity contribution in [2.24, 2.45) is 0 Å². The van der Waals surface area contributed by atoms with Crippen LogP contribution in [0.2, 0.25) is 0 Å². The number of ether oxygens (including phenoxy) is 1. The fourth-order valence-corrected chi connectivity index (χ4v) is 6.38. The average molecular weight is 515 g/mol. The molecule has 8 heteroatoms. The Balaban J connectivity index is 1.56. The first kappa shape index (κ1) is 23.4. The third kappa shape index (κ3) is 3.71. The monoisotopic (exact) mass is 514 g/mol. The number of aromatic nitrogens is 1. The van der Waals surface area contributed by atoms with Crippen molar-refractivity contribution in [3.8, 4) is 5.75 Å². The SMILES string of the molecule is Cc1cc(C)c2nc(N3C(=O)C(=O)C(=C(O)c4ccc5c(c4)C[C@H](C)O5)[C@@H]3c3ccccc3F)sc2c1. The molecule has 1 amide bonds. The zero-order chi connectivity index (χ0) is 26.0. The number of benzene rings is 3. The largest absolute Gasteiger partial charge is 0.507 e. The van der Waals surface area contributed by atoms with Gasteiger partial charge in [0.05, 0.1) is 15.8 Å². The van der Waals surface area contributed by atoms with Gasteiger partial charge in [-0.3, -0.25) is 14.5 Å². The average Bonchev–Trinajstić information content (AvgIpc) is 3.52. The summed E-state index contributed by atoms with van der Waals surface area (Å²) < 4.78 is 21.8. The Kier molecular flexibility index (Phi) is 5.38. The van der Waals surface area contributed by atoms with E-state index in [0.717, 1.165) is 27.1 Å². The standard InChI is InChI=1S/C29H23FN2O4S/c1-14-10-15(2)24-22(11-14)37-29(31-24)32-25(19-6-4-5-7-20(19)30)23(27(34)28(32)35)26(33)17-8-9-21-18(13-17)12-16(3)36-21/h4-11,13,16,25,33H,12H2,1-3H3/t16-,25-/m0/s1. The molecule has 0 unspecified atom stereocenters. The molecule has 6 rings (SSSR count). The molecule has 3 aromatic carbocycles. The van der Waals surface area contributed by atoms with Gasteiger partial charge in [0.1, 0.15) is 29.5 Å². The Labute approximate surface area is 216 Å². The van der Waals surface area contributed by atoms with Crippen molar-refractivity contribution in [3.63, 3.8) is 0 Å². The Morgan fingerprint density at radius 1 is 1.14 bits per heavy atom. The topological polar surface area (TPSA) is 79.7 Å². The Bertz CT molecular complexity index is 1660. The molecule has 2 aliphatic rings. The van der Waals surface area contributed by atoms with Crippen LogP contribution >= 0.6 is 11.3 Å². The third-order valence-electron chi connectivity index (χ3n) is 6.84. The molecule has 3 heterocycles. The van der Waals surface area contributed by atoms with Gasteiger partial charge in [0.15, 0.2) is 5.13 Å². The maximum absolute atomic E-state index is 15.2. The molecule has 186 valence electrons. The summed E-state index contributed by atoms with van der Waals surface area (Å²) in [7, 11) is 0. The van der Waals surface area contributed by atoms with E-state index >= 15 is 4.39 Å². The smallest absolute Gasteiger partial charge is 0.301 e. The molecular formula is C29H23FN2O4S. The summed E-state index contributed by atoms with van der Waals surface area (Å²) in [5.41, 5.74) is 3.89. The molecule has 1 fully saturated rings. The molecule has 1 saturated heterocycles. The number of ketones is 1. The van der Waals surface area contributed by atoms with E-state index < -0.39 is 23.5 Å². The lowest BCUT2D eigenvalue weighted by atomic mass is 9.94. The van der Waals surface area contributed by atoms with E-state index in [1.807, 2.05) is 32.9 Å². The first-order valence-electron chi connectivity index (χ1n) is 12.0. The molecule has 0 spiro atoms. The van der Waals surface area contributed by atoms with Crippen molar-refractivity contribution in [3.05, 3.63) is 93.8 Å². The van der Waals surface area contributed by atoms with Gasteiger partial charge in [-0.2, -0.15) is 0 Å². The molecule has 37 heavy (non-hydrogen) atoms. The number of carbonyl (C=O) groups is 2. The normalized spacial score (nSPS) is 20.5. The van der Waals surface area contributed by atoms with Crippen LogP contribution in [0.1, 0.15) is 40.8 Å². The molecule has 4 aromatic rings. The molecule has 0 radical (unpaired) electrons. The van der Waals surface area contributed by atoms with Crippen molar-refractivity contribution in [2.75, 3.05) is 4.90 Å². The maximum atomic E-state index is 15.2. The maximum Gasteiger partial charge on any atom is 0.301 e. The number of rotatable bonds is 3. The van der Waals surface area contributed by atoms with E-state index in [9.17, 15) is 14.7 Å². The van der Waals surface area contributed by atoms with Gasteiger partial charge in [-0.05, 0) is 67.8 Å². The van der Waals surface area contributed by atoms with Crippen molar-refractivity contribution in [1.82, 2.24) is 4.98 Å². The predicted molar refractivity (Wildman–Crippen MR) is 141 cm³/mol. The Morgan fingerprint density at radius 2 is 1.92 bits per heavy atom. The Morgan fingerprint density at radius 3 is 2.70 bits per heavy atom. The minimum absolute atomic E-state index is 0.00233. The number of hydrogen-bond donors (Lipinski definition) is 1. The first-order chi connectivity index (χ1) is 17.7. The summed E-state index contributed by atoms with van der Waals surface area (Å²) in [5.74, 6) is -1.97. The fraction of sp³-hybridized carbons (Fsp3) is 0.207. The number of nitrogens with zero attached hydrogens (tertiary/aromatic N) is 2. The predicted octanol–water partition coefficient (Wildman–Crippen LogP) is 6.00. The number of Topliss-reactive ketones (excluding diaryl/α,β-unsaturated/α-hetero) is 1. The van der Waals surface area contributed by atoms with Crippen LogP contribution in [0.4, 0.5) is 9.52 Å². The van der Waals surface area contributed by atoms with Crippen molar-refractivity contribution < 1.29 is 23.8 Å². The van der Waals surface area contributed by atoms with Crippen LogP contribution in [0.15, 0.2) is 60.2 Å². The third-order valence-corrected chi connectivity index (χ3v) is 7.84. The minimum atomic E-state index is -1.17. The van der Waals surface area contributed by atoms with Gasteiger partial charge in [-0.15, -0.1) is 0 Å². The lowest BCUT2D eigenvalue weighted by molar-refractivity contribution is -0.132. The molecule has 0 bridgehead atoms. The van der Waals surface area contributed by atoms with Crippen LogP contribution in [0.3, 0.4) is 0 Å². The summed E-state index contributed by atoms with van der Waals surface area (Å²) >= 11 is 1.26. The first-order valence-corrected chi connectivity index (χ1v) is 12.8. The Hall–Kier alpha value is -4.04. The number of anilines is 1. The molecule has 2 atom stereocenters. The van der Waals surface area contributed by atoms with E-state index in [-0.39, 0.29) is 28.1 Å². The van der Waals surface area contributed by atoms with Crippen LogP contribution in [0.25, 0.3) is 16.0 Å². The van der Waals surface area contributed by atoms with Crippen LogP contribution in [0, 0.1) is 19.7 Å². The van der Waals surface area contributed by atoms with Gasteiger partial charge < -0.3 is 9.84 Å². The number of amides is 1. The lowest BCUT2D eigenvalue weighted by Crippen LogP contribution is -2.29. The highest BCUT2D eigenvalue weighted by molar-refractivity contribution is 7.22. The summed E-state index contributed by atoms with van der Waals surface area (Å²) in [6, 6.07) is 13.9. The quantitative estimate of drug-likeness (QED) is 0.206. The van der Waals surface area contributed by atoms with E-state index in [4.69, 9.17) is 4.74 Å². The molecule has 1 aromatic heterocycles. The van der Waals surface area contributed by atoms with Crippen LogP contribution < -0.4 is 9.64 Å². The van der Waals surface area contributed by atoms with Crippen LogP contribution in [0.5, 0.6) is 5.75 Å². The highest BCUT2D eigenvalue weighted by Gasteiger charge is 2.49. The van der Waals surface area contributed by atoms with Gasteiger partial charge in [-0.25, -0.2) is 9.37 Å². The lowest BCUT2D eigenvalue weighted by Gasteiger charge is -2.23. The summed E-state index contributed by atoms with van der Waals surface area (Å²) in [6.07, 6.45) is 0.661. The second-order valence-electron chi connectivity index (χ2n) is 9.57. The molecule has 6 nitrogen and oxygen atoms in total. The molecule has 1 N–H and O–H groups in total. The van der Waals surface area contributed by atoms with Crippen LogP contribution in [-0.2, 0) is 16.0 Å². The van der Waals surface area contributed by atoms with Gasteiger partial charge in [0, 0.05) is 17.5 Å². The molecule has 0 saturated carbocycles. The van der Waals surface area contributed by atoms with Crippen LogP contribution in [-0.4, -0.2) is 27.9 Å². The van der Waals surface area contributed by atoms with Crippen molar-refractivity contribution in [1.29, 1.82) is 0 Å². The van der Waals surface area contributed by atoms with Gasteiger partial charge in [0.2, 0.25) is 0 Å². The van der Waals surface area contributed by atoms with E-state index in [2.05, 4.69) is 4.98 Å². The number of hydrogen-bond acceptors (Lipinski definition) is 6. The summed E-state index contributed by atoms with van der Waals surface area (Å²) in [4.78, 5) is 32.8. The number of aryl methyl sites for hydroxylation is 2. The van der Waals surface area contributed by atoms with E-state index in [1.165, 1.54) is 34.4 Å². The van der Waals surface area contributed by atoms with Gasteiger partial charge >= 0.3 is 5.91 Å². The van der Waals surface area contributed by atoms with E-state index in [0.29, 0.717) is 17.5 Å². The fourth-order valence-electron chi connectivity index (χ4n) is 5.21. The number of aliphatic hydroxyl groups is 1. The van der Waals surface area contributed by atoms with Gasteiger partial charge in [0.25, 0.3) is 5.78 Å². The number of carbonyl (C=O) groups excluding carboxylic acids is 2. The molecule has 2 aliphatic heterocycles. The number of halogens is 1.